The summed E-state index contributed by atoms with van der Waals surface area (Å²) in [6.07, 6.45) is -0.347. The molecule has 14 heteroatoms. The molecule has 4 rings (SSSR count). The molecule has 1 fully saturated rings. The summed E-state index contributed by atoms with van der Waals surface area (Å²) in [6.45, 7) is 4.40. The molecule has 1 unspecified atom stereocenters. The molecule has 39 heavy (non-hydrogen) atoms. The van der Waals surface area contributed by atoms with Crippen LogP contribution < -0.4 is 10.1 Å². The molecule has 0 aromatic carbocycles. The number of amides is 1. The Bertz CT molecular complexity index is 1270. The molecule has 1 aliphatic heterocycles. The molecule has 1 amide bonds. The highest BCUT2D eigenvalue weighted by Gasteiger charge is 2.44. The van der Waals surface area contributed by atoms with Gasteiger partial charge in [0.15, 0.2) is 5.69 Å². The average Bonchev–Trinajstić information content (AvgIpc) is 3.23. The minimum atomic E-state index is -4.59. The number of nitrogens with one attached hydrogen (secondary N) is 1. The molecule has 1 N–H and O–H groups in total. The Kier molecular flexibility index (Phi) is 8.74. The number of carbonyl (C=O) groups is 1. The second-order valence-corrected chi connectivity index (χ2v) is 10.2. The molecule has 0 radical (unpaired) electrons. The van der Waals surface area contributed by atoms with Crippen LogP contribution in [0.3, 0.4) is 0 Å². The average molecular weight is 571 g/mol. The maximum Gasteiger partial charge on any atom is 0.434 e. The second kappa shape index (κ2) is 11.9. The van der Waals surface area contributed by atoms with Crippen molar-refractivity contribution in [2.75, 3.05) is 31.6 Å². The number of halogens is 5. The van der Waals surface area contributed by atoms with Gasteiger partial charge < -0.3 is 10.1 Å². The zero-order valence-corrected chi connectivity index (χ0v) is 22.1. The van der Waals surface area contributed by atoms with Gasteiger partial charge in [-0.1, -0.05) is 6.92 Å². The fourth-order valence-corrected chi connectivity index (χ4v) is 5.16. The van der Waals surface area contributed by atoms with Crippen LogP contribution >= 0.6 is 11.5 Å². The van der Waals surface area contributed by atoms with Gasteiger partial charge in [0.05, 0.1) is 54.1 Å². The lowest BCUT2D eigenvalue weighted by atomic mass is 9.93. The van der Waals surface area contributed by atoms with E-state index in [0.29, 0.717) is 42.0 Å². The van der Waals surface area contributed by atoms with Crippen molar-refractivity contribution < 1.29 is 31.5 Å². The lowest BCUT2D eigenvalue weighted by molar-refractivity contribution is -0.141. The van der Waals surface area contributed by atoms with Crippen molar-refractivity contribution in [2.24, 2.45) is 5.92 Å². The van der Waals surface area contributed by atoms with Crippen LogP contribution in [0.2, 0.25) is 0 Å². The topological polar surface area (TPSA) is 93.1 Å². The summed E-state index contributed by atoms with van der Waals surface area (Å²) in [7, 11) is 0. The molecule has 1 atom stereocenters. The van der Waals surface area contributed by atoms with E-state index < -0.39 is 29.6 Å². The Labute approximate surface area is 225 Å². The molecule has 3 aromatic rings. The number of likely N-dealkylation sites (tertiary alicyclic amines) is 1. The van der Waals surface area contributed by atoms with E-state index in [4.69, 9.17) is 4.74 Å². The molecule has 1 aliphatic rings. The molecule has 0 bridgehead atoms. The minimum Gasteiger partial charge on any atom is -0.477 e. The number of nitrogens with zero attached hydrogens (tertiary/aromatic N) is 5. The van der Waals surface area contributed by atoms with Gasteiger partial charge in [-0.05, 0) is 50.5 Å². The predicted octanol–water partition coefficient (Wildman–Crippen LogP) is 5.24. The van der Waals surface area contributed by atoms with Crippen LogP contribution in [0.15, 0.2) is 30.7 Å². The number of rotatable bonds is 9. The summed E-state index contributed by atoms with van der Waals surface area (Å²) in [6, 6.07) is 3.02. The van der Waals surface area contributed by atoms with Gasteiger partial charge in [0.1, 0.15) is 0 Å². The molecule has 0 aliphatic carbocycles. The number of aromatic nitrogens is 4. The summed E-state index contributed by atoms with van der Waals surface area (Å²) in [4.78, 5) is 26.6. The van der Waals surface area contributed by atoms with E-state index in [1.54, 1.807) is 17.9 Å². The first-order valence-corrected chi connectivity index (χ1v) is 13.1. The highest BCUT2D eigenvalue weighted by Crippen LogP contribution is 2.33. The monoisotopic (exact) mass is 570 g/mol. The van der Waals surface area contributed by atoms with Crippen LogP contribution in [0, 0.1) is 12.8 Å². The van der Waals surface area contributed by atoms with E-state index >= 15 is 0 Å². The molecule has 3 aromatic heterocycles. The Morgan fingerprint density at radius 3 is 2.62 bits per heavy atom. The highest BCUT2D eigenvalue weighted by molar-refractivity contribution is 7.06. The summed E-state index contributed by atoms with van der Waals surface area (Å²) in [5.41, 5.74) is 0.225. The maximum atomic E-state index is 14.5. The second-order valence-electron chi connectivity index (χ2n) is 9.31. The van der Waals surface area contributed by atoms with E-state index in [1.807, 2.05) is 6.92 Å². The fraction of sp³-hybridized carbons (Fsp3) is 0.480. The van der Waals surface area contributed by atoms with Crippen LogP contribution in [0.25, 0.3) is 0 Å². The summed E-state index contributed by atoms with van der Waals surface area (Å²) in [5.74, 6) is -4.08. The van der Waals surface area contributed by atoms with Crippen molar-refractivity contribution in [3.8, 4) is 5.88 Å². The first kappa shape index (κ1) is 28.7. The molecule has 4 heterocycles. The van der Waals surface area contributed by atoms with Crippen LogP contribution in [-0.2, 0) is 12.6 Å². The number of pyridine rings is 1. The first-order chi connectivity index (χ1) is 18.5. The lowest BCUT2D eigenvalue weighted by Gasteiger charge is -2.37. The van der Waals surface area contributed by atoms with E-state index in [-0.39, 0.29) is 36.7 Å². The van der Waals surface area contributed by atoms with Crippen molar-refractivity contribution in [1.82, 2.24) is 24.2 Å². The molecular weight excluding hydrogens is 543 g/mol. The normalized spacial score (nSPS) is 17.7. The van der Waals surface area contributed by atoms with E-state index in [1.165, 1.54) is 12.3 Å². The number of alkyl halides is 5. The summed E-state index contributed by atoms with van der Waals surface area (Å²) < 4.78 is 77.0. The standard InChI is InChI=1S/C25H27F5N6O2S/c1-3-7-36-8-6-16(24(26,27)14-36)13-38-21-5-4-17(10-33-21)34-23(37)22-15(2)35-39-19(22)9-18-11-32-20(12-31-18)25(28,29)30/h4-5,10-12,16H,3,6-9,13-14H2,1-2H3,(H,34,37). The molecule has 0 saturated carbocycles. The van der Waals surface area contributed by atoms with Gasteiger partial charge in [0.25, 0.3) is 11.8 Å². The number of aryl methyl sites for hydroxylation is 1. The number of carbonyl (C=O) groups excluding carboxylic acids is 1. The van der Waals surface area contributed by atoms with E-state index in [0.717, 1.165) is 24.2 Å². The third-order valence-corrected chi connectivity index (χ3v) is 7.22. The van der Waals surface area contributed by atoms with Gasteiger partial charge in [0.2, 0.25) is 5.88 Å². The molecular formula is C25H27F5N6O2S. The third-order valence-electron chi connectivity index (χ3n) is 6.29. The summed E-state index contributed by atoms with van der Waals surface area (Å²) >= 11 is 1.04. The van der Waals surface area contributed by atoms with Crippen molar-refractivity contribution in [3.63, 3.8) is 0 Å². The van der Waals surface area contributed by atoms with E-state index in [9.17, 15) is 26.7 Å². The van der Waals surface area contributed by atoms with Gasteiger partial charge >= 0.3 is 6.18 Å². The van der Waals surface area contributed by atoms with Crippen LogP contribution in [0.1, 0.15) is 52.1 Å². The molecule has 0 spiro atoms. The van der Waals surface area contributed by atoms with Gasteiger partial charge in [-0.3, -0.25) is 14.7 Å². The van der Waals surface area contributed by atoms with Gasteiger partial charge in [0, 0.05) is 23.6 Å². The predicted molar refractivity (Wildman–Crippen MR) is 134 cm³/mol. The zero-order chi connectivity index (χ0) is 28.2. The fourth-order valence-electron chi connectivity index (χ4n) is 4.27. The van der Waals surface area contributed by atoms with Crippen molar-refractivity contribution >= 4 is 23.1 Å². The van der Waals surface area contributed by atoms with Crippen molar-refractivity contribution in [1.29, 1.82) is 0 Å². The zero-order valence-electron chi connectivity index (χ0n) is 21.3. The van der Waals surface area contributed by atoms with Gasteiger partial charge in [-0.15, -0.1) is 0 Å². The highest BCUT2D eigenvalue weighted by atomic mass is 32.1. The maximum absolute atomic E-state index is 14.5. The molecule has 8 nitrogen and oxygen atoms in total. The van der Waals surface area contributed by atoms with Crippen LogP contribution in [0.4, 0.5) is 27.6 Å². The van der Waals surface area contributed by atoms with E-state index in [2.05, 4.69) is 24.6 Å². The van der Waals surface area contributed by atoms with Crippen molar-refractivity contribution in [3.05, 3.63) is 58.2 Å². The minimum absolute atomic E-state index is 0.0758. The largest absolute Gasteiger partial charge is 0.477 e. The molecule has 1 saturated heterocycles. The third kappa shape index (κ3) is 7.24. The van der Waals surface area contributed by atoms with Crippen molar-refractivity contribution in [2.45, 2.75) is 45.2 Å². The Morgan fingerprint density at radius 2 is 2.00 bits per heavy atom. The SMILES string of the molecule is CCCN1CCC(COc2ccc(NC(=O)c3c(C)nsc3Cc3cnc(C(F)(F)F)cn3)cn2)C(F)(F)C1. The van der Waals surface area contributed by atoms with Crippen LogP contribution in [-0.4, -0.2) is 62.3 Å². The lowest BCUT2D eigenvalue weighted by Crippen LogP contribution is -2.50. The summed E-state index contributed by atoms with van der Waals surface area (Å²) in [5, 5.41) is 2.70. The number of ether oxygens (including phenoxy) is 1. The Hall–Kier alpha value is -3.26. The number of anilines is 1. The number of hydrogen-bond acceptors (Lipinski definition) is 8. The Balaban J connectivity index is 1.35. The van der Waals surface area contributed by atoms with Crippen LogP contribution in [0.5, 0.6) is 5.88 Å². The Morgan fingerprint density at radius 1 is 1.21 bits per heavy atom. The number of hydrogen-bond donors (Lipinski definition) is 1. The quantitative estimate of drug-likeness (QED) is 0.352. The van der Waals surface area contributed by atoms with Gasteiger partial charge in [-0.2, -0.15) is 17.5 Å². The smallest absolute Gasteiger partial charge is 0.434 e. The molecule has 210 valence electrons. The number of piperidine rings is 1. The van der Waals surface area contributed by atoms with Gasteiger partial charge in [-0.25, -0.2) is 18.7 Å². The first-order valence-electron chi connectivity index (χ1n) is 12.3.